The highest BCUT2D eigenvalue weighted by Crippen LogP contribution is 2.45. The van der Waals surface area contributed by atoms with Crippen molar-refractivity contribution in [1.29, 1.82) is 0 Å². The molecule has 0 saturated carbocycles. The molecule has 2 aromatic heterocycles. The van der Waals surface area contributed by atoms with E-state index >= 15 is 0 Å². The van der Waals surface area contributed by atoms with Gasteiger partial charge in [-0.25, -0.2) is 4.98 Å². The smallest absolute Gasteiger partial charge is 0.149 e. The van der Waals surface area contributed by atoms with Crippen molar-refractivity contribution in [3.8, 4) is 67.5 Å². The lowest BCUT2D eigenvalue weighted by Gasteiger charge is -2.27. The van der Waals surface area contributed by atoms with Crippen molar-refractivity contribution in [3.63, 3.8) is 0 Å². The number of phenolic OH excluding ortho intramolecular Hbond substituents is 1. The Morgan fingerprint density at radius 2 is 1.16 bits per heavy atom. The first-order chi connectivity index (χ1) is 37.0. The summed E-state index contributed by atoms with van der Waals surface area (Å²) in [5.41, 5.74) is -0.795. The van der Waals surface area contributed by atoms with Crippen molar-refractivity contribution in [1.82, 2.24) is 14.5 Å². The highest BCUT2D eigenvalue weighted by molar-refractivity contribution is 5.97. The van der Waals surface area contributed by atoms with E-state index < -0.39 is 68.5 Å². The summed E-state index contributed by atoms with van der Waals surface area (Å²) in [5.74, 6) is -0.656. The molecule has 8 rings (SSSR count). The molecule has 6 aromatic carbocycles. The molecule has 0 atom stereocenters. The van der Waals surface area contributed by atoms with Crippen molar-refractivity contribution in [2.24, 2.45) is 0 Å². The monoisotopic (exact) mass is 848 g/mol. The van der Waals surface area contributed by atoms with Gasteiger partial charge < -0.3 is 5.11 Å². The standard InChI is InChI=1S/C59H63N3O/c1-37-30-40(38-18-15-14-16-19-38)24-27-51(37)62-52-21-17-20-47(53(52)61-55(62)48-35-46(58(8,9)10)36-49(54(48)63)59(11,12)13)42-31-43(33-45(32-42)57(5,6)7)50-34-41(28-29-60-50)39-22-25-44(26-23-39)56(2,3)4/h14-36,63H,1-13H3/i1D3,2D3,3D3,4D3,11D3,12D3. The van der Waals surface area contributed by atoms with Crippen molar-refractivity contribution < 1.29 is 29.8 Å². The highest BCUT2D eigenvalue weighted by Gasteiger charge is 2.29. The average molecular weight is 848 g/mol. The van der Waals surface area contributed by atoms with Crippen LogP contribution in [-0.2, 0) is 21.7 Å². The first-order valence-corrected chi connectivity index (χ1v) is 20.9. The van der Waals surface area contributed by atoms with E-state index in [2.05, 4.69) is 0 Å². The van der Waals surface area contributed by atoms with Crippen LogP contribution in [0.15, 0.2) is 140 Å². The normalized spacial score (nSPS) is 18.0. The maximum atomic E-state index is 12.7. The maximum Gasteiger partial charge on any atom is 0.149 e. The van der Waals surface area contributed by atoms with E-state index in [9.17, 15) is 5.11 Å². The van der Waals surface area contributed by atoms with Crippen LogP contribution in [0.5, 0.6) is 5.75 Å². The predicted molar refractivity (Wildman–Crippen MR) is 267 cm³/mol. The molecule has 8 aromatic rings. The molecule has 0 aliphatic rings. The number of imidazole rings is 1. The van der Waals surface area contributed by atoms with Crippen LogP contribution in [-0.4, -0.2) is 19.6 Å². The summed E-state index contributed by atoms with van der Waals surface area (Å²) < 4.78 is 154. The molecule has 4 nitrogen and oxygen atoms in total. The van der Waals surface area contributed by atoms with Crippen molar-refractivity contribution in [3.05, 3.63) is 167 Å². The molecule has 0 bridgehead atoms. The number of hydrogen-bond donors (Lipinski definition) is 1. The number of nitrogens with zero attached hydrogens (tertiary/aromatic N) is 3. The fourth-order valence-corrected chi connectivity index (χ4v) is 7.96. The SMILES string of the molecule is [2H]C([2H])([2H])c1cc(-c2ccccc2)ccc1-n1c(-c2cc(C(C)(C)C)cc(C(C)(C([2H])([2H])[2H])C([2H])([2H])[2H])c2O)nc2c(-c3cc(-c4cc(-c5ccc(C(C([2H])([2H])[2H])(C([2H])([2H])[2H])C([2H])([2H])[2H])cc5)ccn4)cc(C(C)(C)C)c3)cccc21. The summed E-state index contributed by atoms with van der Waals surface area (Å²) in [6.07, 6.45) is 1.58. The minimum absolute atomic E-state index is 0.000114. The molecule has 0 aliphatic heterocycles. The largest absolute Gasteiger partial charge is 0.507 e. The summed E-state index contributed by atoms with van der Waals surface area (Å²) in [7, 11) is 0. The Kier molecular flexibility index (Phi) is 6.63. The van der Waals surface area contributed by atoms with Gasteiger partial charge in [-0.1, -0.05) is 168 Å². The molecule has 0 aliphatic carbocycles. The second kappa shape index (κ2) is 15.8. The molecular formula is C59H63N3O. The molecule has 0 radical (unpaired) electrons. The zero-order valence-corrected chi connectivity index (χ0v) is 36.6. The Hall–Kier alpha value is -6.26. The number of para-hydroxylation sites is 1. The van der Waals surface area contributed by atoms with Gasteiger partial charge in [-0.2, -0.15) is 0 Å². The Morgan fingerprint density at radius 3 is 1.84 bits per heavy atom. The fraction of sp³-hybridized carbons (Fsp3) is 0.288. The third kappa shape index (κ3) is 8.61. The van der Waals surface area contributed by atoms with Crippen LogP contribution in [0.1, 0.15) is 135 Å². The molecule has 2 heterocycles. The van der Waals surface area contributed by atoms with Crippen molar-refractivity contribution in [2.45, 2.75) is 111 Å². The zero-order valence-electron chi connectivity index (χ0n) is 54.6. The van der Waals surface area contributed by atoms with E-state index in [1.54, 1.807) is 59.3 Å². The van der Waals surface area contributed by atoms with Gasteiger partial charge in [0.25, 0.3) is 0 Å². The Balaban J connectivity index is 1.41. The fourth-order valence-electron chi connectivity index (χ4n) is 7.96. The minimum Gasteiger partial charge on any atom is -0.507 e. The Labute approximate surface area is 401 Å². The van der Waals surface area contributed by atoms with E-state index in [0.29, 0.717) is 55.7 Å². The molecule has 4 heteroatoms. The minimum atomic E-state index is -3.43. The number of aromatic nitrogens is 3. The highest BCUT2D eigenvalue weighted by atomic mass is 16.3. The summed E-state index contributed by atoms with van der Waals surface area (Å²) in [5, 5.41) is 12.7. The molecule has 0 unspecified atom stereocenters. The lowest BCUT2D eigenvalue weighted by Crippen LogP contribution is -2.17. The molecule has 0 saturated heterocycles. The van der Waals surface area contributed by atoms with Crippen LogP contribution >= 0.6 is 0 Å². The van der Waals surface area contributed by atoms with E-state index in [-0.39, 0.29) is 33.8 Å². The van der Waals surface area contributed by atoms with E-state index in [1.807, 2.05) is 96.1 Å². The number of fused-ring (bicyclic) bond motifs is 1. The number of phenols is 1. The molecule has 0 amide bonds. The van der Waals surface area contributed by atoms with E-state index in [0.717, 1.165) is 18.1 Å². The third-order valence-corrected chi connectivity index (χ3v) is 11.6. The molecular weight excluding hydrogens is 767 g/mol. The summed E-state index contributed by atoms with van der Waals surface area (Å²) in [6.45, 7) is -6.56. The second-order valence-electron chi connectivity index (χ2n) is 18.6. The van der Waals surface area contributed by atoms with Crippen LogP contribution in [0.3, 0.4) is 0 Å². The van der Waals surface area contributed by atoms with Gasteiger partial charge in [0.2, 0.25) is 0 Å². The lowest BCUT2D eigenvalue weighted by molar-refractivity contribution is 0.446. The molecule has 63 heavy (non-hydrogen) atoms. The van der Waals surface area contributed by atoms with E-state index in [4.69, 9.17) is 34.6 Å². The maximum absolute atomic E-state index is 12.7. The van der Waals surface area contributed by atoms with Crippen LogP contribution in [0, 0.1) is 6.85 Å². The second-order valence-corrected chi connectivity index (χ2v) is 18.6. The van der Waals surface area contributed by atoms with Crippen LogP contribution in [0.2, 0.25) is 0 Å². The van der Waals surface area contributed by atoms with Gasteiger partial charge in [0.1, 0.15) is 11.6 Å². The first kappa shape index (κ1) is 26.4. The quantitative estimate of drug-likeness (QED) is 0.181. The number of aryl methyl sites for hydroxylation is 1. The summed E-state index contributed by atoms with van der Waals surface area (Å²) in [6, 6.07) is 37.5. The third-order valence-electron chi connectivity index (χ3n) is 11.6. The van der Waals surface area contributed by atoms with Crippen LogP contribution in [0.4, 0.5) is 0 Å². The van der Waals surface area contributed by atoms with Crippen molar-refractivity contribution in [2.75, 3.05) is 0 Å². The van der Waals surface area contributed by atoms with Gasteiger partial charge in [-0.05, 0) is 127 Å². The topological polar surface area (TPSA) is 50.9 Å². The molecule has 0 spiro atoms. The predicted octanol–water partition coefficient (Wildman–Crippen LogP) is 16.0. The van der Waals surface area contributed by atoms with Crippen LogP contribution < -0.4 is 0 Å². The van der Waals surface area contributed by atoms with Gasteiger partial charge >= 0.3 is 0 Å². The first-order valence-electron chi connectivity index (χ1n) is 29.9. The number of benzene rings is 6. The molecule has 1 N–H and O–H groups in total. The number of aromatic hydroxyl groups is 1. The van der Waals surface area contributed by atoms with E-state index in [1.165, 1.54) is 30.3 Å². The number of pyridine rings is 1. The lowest BCUT2D eigenvalue weighted by atomic mass is 9.79. The number of rotatable bonds is 6. The average Bonchev–Trinajstić information content (AvgIpc) is 3.74. The van der Waals surface area contributed by atoms with Gasteiger partial charge in [0, 0.05) is 47.6 Å². The Bertz CT molecular complexity index is 3610. The van der Waals surface area contributed by atoms with Gasteiger partial charge in [0.15, 0.2) is 0 Å². The van der Waals surface area contributed by atoms with Gasteiger partial charge in [-0.15, -0.1) is 0 Å². The van der Waals surface area contributed by atoms with Crippen LogP contribution in [0.25, 0.3) is 72.7 Å². The summed E-state index contributed by atoms with van der Waals surface area (Å²) >= 11 is 0. The van der Waals surface area contributed by atoms with Gasteiger partial charge in [-0.3, -0.25) is 9.55 Å². The summed E-state index contributed by atoms with van der Waals surface area (Å²) in [4.78, 5) is 10.1. The zero-order chi connectivity index (χ0) is 60.2. The molecule has 320 valence electrons. The molecule has 0 fully saturated rings. The number of hydrogen-bond acceptors (Lipinski definition) is 3. The van der Waals surface area contributed by atoms with Crippen molar-refractivity contribution >= 4 is 11.0 Å². The Morgan fingerprint density at radius 1 is 0.508 bits per heavy atom. The van der Waals surface area contributed by atoms with Gasteiger partial charge in [0.05, 0.1) is 28.0 Å².